The number of aryl methyl sites for hydroxylation is 1. The lowest BCUT2D eigenvalue weighted by atomic mass is 10.1. The van der Waals surface area contributed by atoms with E-state index in [9.17, 15) is 4.79 Å². The molecule has 152 valence electrons. The summed E-state index contributed by atoms with van der Waals surface area (Å²) in [4.78, 5) is 19.9. The number of nitrogens with zero attached hydrogens (tertiary/aromatic N) is 3. The van der Waals surface area contributed by atoms with E-state index in [-0.39, 0.29) is 5.91 Å². The molecule has 0 unspecified atom stereocenters. The molecule has 6 nitrogen and oxygen atoms in total. The van der Waals surface area contributed by atoms with Crippen LogP contribution >= 0.6 is 0 Å². The Balaban J connectivity index is 1.54. The molecule has 0 atom stereocenters. The molecule has 0 aliphatic carbocycles. The van der Waals surface area contributed by atoms with Gasteiger partial charge in [0, 0.05) is 17.8 Å². The molecule has 4 rings (SSSR count). The summed E-state index contributed by atoms with van der Waals surface area (Å²) in [7, 11) is 1.61. The number of carbonyl (C=O) groups is 1. The Labute approximate surface area is 171 Å². The van der Waals surface area contributed by atoms with E-state index in [1.165, 1.54) is 19.3 Å². The maximum atomic E-state index is 12.6. The smallest absolute Gasteiger partial charge is 0.255 e. The molecule has 1 aromatic heterocycles. The van der Waals surface area contributed by atoms with Gasteiger partial charge in [0.05, 0.1) is 24.7 Å². The van der Waals surface area contributed by atoms with Crippen molar-refractivity contribution in [2.45, 2.75) is 39.3 Å². The van der Waals surface area contributed by atoms with Crippen molar-refractivity contribution in [2.24, 2.45) is 0 Å². The molecule has 1 fully saturated rings. The molecule has 1 amide bonds. The molecule has 6 heteroatoms. The van der Waals surface area contributed by atoms with Crippen molar-refractivity contribution in [3.63, 3.8) is 0 Å². The first-order valence-corrected chi connectivity index (χ1v) is 10.3. The number of anilines is 1. The number of rotatable bonds is 6. The Morgan fingerprint density at radius 1 is 1.10 bits per heavy atom. The molecular weight excluding hydrogens is 364 g/mol. The maximum absolute atomic E-state index is 12.6. The standard InChI is InChI=1S/C23H28N4O2/c1-3-27-21-12-9-18(24-23(28)17-7-10-19(29-2)11-8-17)15-20(21)25-22(27)16-26-13-5-4-6-14-26/h7-12,15H,3-6,13-14,16H2,1-2H3,(H,24,28). The summed E-state index contributed by atoms with van der Waals surface area (Å²) in [5, 5.41) is 2.98. The van der Waals surface area contributed by atoms with E-state index in [2.05, 4.69) is 27.8 Å². The Hall–Kier alpha value is -2.86. The lowest BCUT2D eigenvalue weighted by Crippen LogP contribution is -2.30. The second kappa shape index (κ2) is 8.66. The van der Waals surface area contributed by atoms with E-state index >= 15 is 0 Å². The van der Waals surface area contributed by atoms with Gasteiger partial charge in [0.25, 0.3) is 5.91 Å². The summed E-state index contributed by atoms with van der Waals surface area (Å²) in [6.45, 7) is 6.22. The SMILES string of the molecule is CCn1c(CN2CCCCC2)nc2cc(NC(=O)c3ccc(OC)cc3)ccc21. The Kier molecular flexibility index (Phi) is 5.81. The number of amides is 1. The molecule has 0 saturated carbocycles. The van der Waals surface area contributed by atoms with Crippen molar-refractivity contribution in [3.05, 3.63) is 53.9 Å². The predicted molar refractivity (Wildman–Crippen MR) is 115 cm³/mol. The first kappa shape index (κ1) is 19.5. The van der Waals surface area contributed by atoms with Gasteiger partial charge in [-0.2, -0.15) is 0 Å². The molecule has 0 spiro atoms. The van der Waals surface area contributed by atoms with Crippen LogP contribution in [-0.2, 0) is 13.1 Å². The van der Waals surface area contributed by atoms with Crippen LogP contribution in [0.2, 0.25) is 0 Å². The van der Waals surface area contributed by atoms with Crippen molar-refractivity contribution in [1.29, 1.82) is 0 Å². The van der Waals surface area contributed by atoms with Crippen LogP contribution in [0.1, 0.15) is 42.4 Å². The minimum absolute atomic E-state index is 0.143. The van der Waals surface area contributed by atoms with Gasteiger partial charge >= 0.3 is 0 Å². The highest BCUT2D eigenvalue weighted by Gasteiger charge is 2.16. The number of aromatic nitrogens is 2. The molecule has 0 bridgehead atoms. The minimum atomic E-state index is -0.143. The summed E-state index contributed by atoms with van der Waals surface area (Å²) in [5.41, 5.74) is 3.38. The number of carbonyl (C=O) groups excluding carboxylic acids is 1. The fourth-order valence-corrected chi connectivity index (χ4v) is 3.99. The second-order valence-corrected chi connectivity index (χ2v) is 7.50. The van der Waals surface area contributed by atoms with Gasteiger partial charge in [-0.25, -0.2) is 4.98 Å². The fraction of sp³-hybridized carbons (Fsp3) is 0.391. The summed E-state index contributed by atoms with van der Waals surface area (Å²) in [6.07, 6.45) is 3.87. The summed E-state index contributed by atoms with van der Waals surface area (Å²) >= 11 is 0. The van der Waals surface area contributed by atoms with Crippen LogP contribution < -0.4 is 10.1 Å². The van der Waals surface area contributed by atoms with Crippen molar-refractivity contribution >= 4 is 22.6 Å². The monoisotopic (exact) mass is 392 g/mol. The average Bonchev–Trinajstić information content (AvgIpc) is 3.10. The van der Waals surface area contributed by atoms with E-state index in [0.29, 0.717) is 5.56 Å². The Morgan fingerprint density at radius 3 is 2.55 bits per heavy atom. The molecular formula is C23H28N4O2. The van der Waals surface area contributed by atoms with Gasteiger partial charge in [-0.1, -0.05) is 6.42 Å². The number of methoxy groups -OCH3 is 1. The first-order chi connectivity index (χ1) is 14.2. The lowest BCUT2D eigenvalue weighted by Gasteiger charge is -2.26. The third kappa shape index (κ3) is 4.27. The summed E-state index contributed by atoms with van der Waals surface area (Å²) < 4.78 is 7.42. The van der Waals surface area contributed by atoms with Crippen LogP contribution in [0.3, 0.4) is 0 Å². The topological polar surface area (TPSA) is 59.4 Å². The largest absolute Gasteiger partial charge is 0.497 e. The molecule has 2 heterocycles. The third-order valence-corrected chi connectivity index (χ3v) is 5.57. The van der Waals surface area contributed by atoms with Gasteiger partial charge in [-0.3, -0.25) is 9.69 Å². The number of hydrogen-bond acceptors (Lipinski definition) is 4. The predicted octanol–water partition coefficient (Wildman–Crippen LogP) is 4.30. The normalized spacial score (nSPS) is 14.8. The number of hydrogen-bond donors (Lipinski definition) is 1. The van der Waals surface area contributed by atoms with Gasteiger partial charge < -0.3 is 14.6 Å². The second-order valence-electron chi connectivity index (χ2n) is 7.50. The number of ether oxygens (including phenoxy) is 1. The zero-order valence-corrected chi connectivity index (χ0v) is 17.1. The first-order valence-electron chi connectivity index (χ1n) is 10.3. The van der Waals surface area contributed by atoms with Crippen LogP contribution in [0.25, 0.3) is 11.0 Å². The maximum Gasteiger partial charge on any atom is 0.255 e. The number of likely N-dealkylation sites (tertiary alicyclic amines) is 1. The number of imidazole rings is 1. The van der Waals surface area contributed by atoms with Crippen molar-refractivity contribution in [2.75, 3.05) is 25.5 Å². The van der Waals surface area contributed by atoms with Gasteiger partial charge in [0.1, 0.15) is 11.6 Å². The highest BCUT2D eigenvalue weighted by atomic mass is 16.5. The molecule has 1 aliphatic heterocycles. The molecule has 1 saturated heterocycles. The molecule has 3 aromatic rings. The highest BCUT2D eigenvalue weighted by Crippen LogP contribution is 2.23. The van der Waals surface area contributed by atoms with E-state index in [1.807, 2.05) is 12.1 Å². The van der Waals surface area contributed by atoms with Crippen molar-refractivity contribution < 1.29 is 9.53 Å². The van der Waals surface area contributed by atoms with E-state index in [1.54, 1.807) is 31.4 Å². The van der Waals surface area contributed by atoms with Crippen molar-refractivity contribution in [3.8, 4) is 5.75 Å². The molecule has 1 aliphatic rings. The third-order valence-electron chi connectivity index (χ3n) is 5.57. The van der Waals surface area contributed by atoms with Crippen LogP contribution in [0.5, 0.6) is 5.75 Å². The Morgan fingerprint density at radius 2 is 1.86 bits per heavy atom. The van der Waals surface area contributed by atoms with E-state index in [0.717, 1.165) is 54.5 Å². The number of benzene rings is 2. The van der Waals surface area contributed by atoms with Gasteiger partial charge in [-0.05, 0) is 75.3 Å². The average molecular weight is 393 g/mol. The van der Waals surface area contributed by atoms with Crippen LogP contribution in [-0.4, -0.2) is 40.6 Å². The number of piperidine rings is 1. The molecule has 2 aromatic carbocycles. The van der Waals surface area contributed by atoms with Crippen molar-refractivity contribution in [1.82, 2.24) is 14.5 Å². The van der Waals surface area contributed by atoms with E-state index in [4.69, 9.17) is 9.72 Å². The number of nitrogens with one attached hydrogen (secondary N) is 1. The molecule has 0 radical (unpaired) electrons. The quantitative estimate of drug-likeness (QED) is 0.679. The van der Waals surface area contributed by atoms with Gasteiger partial charge in [0.15, 0.2) is 0 Å². The van der Waals surface area contributed by atoms with Gasteiger partial charge in [0.2, 0.25) is 0 Å². The van der Waals surface area contributed by atoms with Crippen LogP contribution in [0, 0.1) is 0 Å². The van der Waals surface area contributed by atoms with E-state index < -0.39 is 0 Å². The van der Waals surface area contributed by atoms with Crippen LogP contribution in [0.4, 0.5) is 5.69 Å². The number of fused-ring (bicyclic) bond motifs is 1. The fourth-order valence-electron chi connectivity index (χ4n) is 3.99. The van der Waals surface area contributed by atoms with Crippen LogP contribution in [0.15, 0.2) is 42.5 Å². The summed E-state index contributed by atoms with van der Waals surface area (Å²) in [5.74, 6) is 1.69. The highest BCUT2D eigenvalue weighted by molar-refractivity contribution is 6.05. The summed E-state index contributed by atoms with van der Waals surface area (Å²) in [6, 6.07) is 13.0. The van der Waals surface area contributed by atoms with Gasteiger partial charge in [-0.15, -0.1) is 0 Å². The lowest BCUT2D eigenvalue weighted by molar-refractivity contribution is 0.102. The molecule has 29 heavy (non-hydrogen) atoms. The Bertz CT molecular complexity index is 988. The molecule has 1 N–H and O–H groups in total. The zero-order valence-electron chi connectivity index (χ0n) is 17.1. The minimum Gasteiger partial charge on any atom is -0.497 e. The zero-order chi connectivity index (χ0) is 20.2.